The molecule has 4 nitrogen and oxygen atoms in total. The van der Waals surface area contributed by atoms with E-state index in [9.17, 15) is 9.59 Å². The molecule has 0 amide bonds. The number of rotatable bonds is 2. The van der Waals surface area contributed by atoms with Crippen LogP contribution in [0, 0.1) is 0 Å². The molecule has 5 heteroatoms. The Bertz CT molecular complexity index is 581. The Morgan fingerprint density at radius 1 is 0.842 bits per heavy atom. The molecule has 2 rings (SSSR count). The van der Waals surface area contributed by atoms with Gasteiger partial charge in [0, 0.05) is 5.02 Å². The average Bonchev–Trinajstić information content (AvgIpc) is 2.40. The highest BCUT2D eigenvalue weighted by Crippen LogP contribution is 2.19. The lowest BCUT2D eigenvalue weighted by atomic mass is 10.2. The maximum Gasteiger partial charge on any atom is 0.153 e. The Kier molecular flexibility index (Phi) is 5.57. The molecule has 19 heavy (non-hydrogen) atoms. The number of carbonyl (C=O) groups excluding carboxylic acids is 2. The normalized spacial score (nSPS) is 9.11. The summed E-state index contributed by atoms with van der Waals surface area (Å²) in [7, 11) is 0. The molecule has 98 valence electrons. The van der Waals surface area contributed by atoms with E-state index < -0.39 is 0 Å². The van der Waals surface area contributed by atoms with Gasteiger partial charge in [0.2, 0.25) is 0 Å². The second kappa shape index (κ2) is 7.18. The second-order valence-corrected chi connectivity index (χ2v) is 3.93. The highest BCUT2D eigenvalue weighted by atomic mass is 35.5. The Hall–Kier alpha value is -2.33. The van der Waals surface area contributed by atoms with Crippen molar-refractivity contribution in [2.45, 2.75) is 0 Å². The van der Waals surface area contributed by atoms with Crippen LogP contribution in [0.2, 0.25) is 5.02 Å². The third-order valence-electron chi connectivity index (χ3n) is 2.18. The standard InChI is InChI=1S/C7H5ClO2.C7H6O2/c8-6-2-1-5(4-9)7(10)3-6;8-5-6-3-1-2-4-7(6)9/h1-4,10H;1-5,9H. The Labute approximate surface area is 114 Å². The molecule has 0 saturated heterocycles. The van der Waals surface area contributed by atoms with Crippen molar-refractivity contribution in [2.75, 3.05) is 0 Å². The van der Waals surface area contributed by atoms with Crippen molar-refractivity contribution >= 4 is 24.2 Å². The van der Waals surface area contributed by atoms with Crippen LogP contribution in [0.25, 0.3) is 0 Å². The van der Waals surface area contributed by atoms with Crippen LogP contribution in [0.5, 0.6) is 11.5 Å². The molecule has 0 bridgehead atoms. The third-order valence-corrected chi connectivity index (χ3v) is 2.42. The van der Waals surface area contributed by atoms with E-state index in [0.29, 0.717) is 23.2 Å². The fourth-order valence-corrected chi connectivity index (χ4v) is 1.37. The largest absolute Gasteiger partial charge is 0.507 e. The molecular weight excluding hydrogens is 268 g/mol. The lowest BCUT2D eigenvalue weighted by molar-refractivity contribution is 0.111. The molecule has 0 fully saturated rings. The number of hydrogen-bond acceptors (Lipinski definition) is 4. The van der Waals surface area contributed by atoms with Gasteiger partial charge in [0.05, 0.1) is 11.1 Å². The first kappa shape index (κ1) is 14.7. The summed E-state index contributed by atoms with van der Waals surface area (Å²) in [6.07, 6.45) is 1.20. The van der Waals surface area contributed by atoms with E-state index in [1.165, 1.54) is 18.2 Å². The van der Waals surface area contributed by atoms with Crippen LogP contribution in [0.1, 0.15) is 20.7 Å². The molecule has 0 aliphatic heterocycles. The summed E-state index contributed by atoms with van der Waals surface area (Å²) in [5, 5.41) is 18.3. The van der Waals surface area contributed by atoms with Gasteiger partial charge >= 0.3 is 0 Å². The molecule has 2 N–H and O–H groups in total. The van der Waals surface area contributed by atoms with Crippen LogP contribution in [-0.2, 0) is 0 Å². The number of benzene rings is 2. The van der Waals surface area contributed by atoms with Crippen molar-refractivity contribution in [2.24, 2.45) is 0 Å². The highest BCUT2D eigenvalue weighted by molar-refractivity contribution is 6.30. The van der Waals surface area contributed by atoms with Gasteiger partial charge in [-0.15, -0.1) is 0 Å². The minimum Gasteiger partial charge on any atom is -0.507 e. The molecule has 0 heterocycles. The minimum absolute atomic E-state index is 0.0347. The second-order valence-electron chi connectivity index (χ2n) is 3.50. The van der Waals surface area contributed by atoms with E-state index >= 15 is 0 Å². The van der Waals surface area contributed by atoms with Gasteiger partial charge in [0.15, 0.2) is 12.6 Å². The van der Waals surface area contributed by atoms with Gasteiger partial charge in [-0.05, 0) is 30.3 Å². The minimum atomic E-state index is -0.0810. The van der Waals surface area contributed by atoms with Gasteiger partial charge < -0.3 is 10.2 Å². The summed E-state index contributed by atoms with van der Waals surface area (Å²) in [6.45, 7) is 0. The van der Waals surface area contributed by atoms with Gasteiger partial charge in [0.1, 0.15) is 11.5 Å². The molecular formula is C14H11ClO4. The van der Waals surface area contributed by atoms with E-state index in [1.807, 2.05) is 0 Å². The van der Waals surface area contributed by atoms with E-state index in [1.54, 1.807) is 24.3 Å². The number of phenols is 2. The summed E-state index contributed by atoms with van der Waals surface area (Å²) in [5.41, 5.74) is 0.585. The van der Waals surface area contributed by atoms with E-state index in [-0.39, 0.29) is 17.1 Å². The van der Waals surface area contributed by atoms with Crippen molar-refractivity contribution in [3.05, 3.63) is 58.6 Å². The highest BCUT2D eigenvalue weighted by Gasteiger charge is 1.98. The van der Waals surface area contributed by atoms with Crippen LogP contribution in [0.4, 0.5) is 0 Å². The van der Waals surface area contributed by atoms with Gasteiger partial charge in [-0.3, -0.25) is 9.59 Å². The summed E-state index contributed by atoms with van der Waals surface area (Å²) in [5.74, 6) is -0.0463. The van der Waals surface area contributed by atoms with Crippen molar-refractivity contribution in [3.8, 4) is 11.5 Å². The zero-order valence-corrected chi connectivity index (χ0v) is 10.5. The Morgan fingerprint density at radius 2 is 1.42 bits per heavy atom. The number of para-hydroxylation sites is 1. The molecule has 0 saturated carbocycles. The van der Waals surface area contributed by atoms with Crippen LogP contribution in [-0.4, -0.2) is 22.8 Å². The van der Waals surface area contributed by atoms with Crippen molar-refractivity contribution in [1.29, 1.82) is 0 Å². The van der Waals surface area contributed by atoms with Crippen LogP contribution >= 0.6 is 11.6 Å². The number of carbonyl (C=O) groups is 2. The quantitative estimate of drug-likeness (QED) is 0.828. The molecule has 2 aromatic rings. The zero-order valence-electron chi connectivity index (χ0n) is 9.79. The zero-order chi connectivity index (χ0) is 14.3. The number of aldehydes is 2. The predicted molar refractivity (Wildman–Crippen MR) is 72.0 cm³/mol. The summed E-state index contributed by atoms with van der Waals surface area (Å²) >= 11 is 5.50. The molecule has 0 aromatic heterocycles. The number of phenolic OH excluding ortho intramolecular Hbond substituents is 2. The van der Waals surface area contributed by atoms with E-state index in [4.69, 9.17) is 21.8 Å². The first-order valence-corrected chi connectivity index (χ1v) is 5.63. The van der Waals surface area contributed by atoms with Gasteiger partial charge in [-0.1, -0.05) is 23.7 Å². The SMILES string of the molecule is O=Cc1ccc(Cl)cc1O.O=Cc1ccccc1O. The maximum atomic E-state index is 10.1. The first-order chi connectivity index (χ1) is 9.08. The van der Waals surface area contributed by atoms with E-state index in [0.717, 1.165) is 0 Å². The topological polar surface area (TPSA) is 74.6 Å². The molecule has 0 spiro atoms. The fourth-order valence-electron chi connectivity index (χ4n) is 1.20. The Morgan fingerprint density at radius 3 is 1.89 bits per heavy atom. The van der Waals surface area contributed by atoms with Gasteiger partial charge in [-0.2, -0.15) is 0 Å². The monoisotopic (exact) mass is 278 g/mol. The van der Waals surface area contributed by atoms with Crippen molar-refractivity contribution in [1.82, 2.24) is 0 Å². The van der Waals surface area contributed by atoms with Crippen LogP contribution in [0.3, 0.4) is 0 Å². The molecule has 0 aliphatic carbocycles. The molecule has 0 unspecified atom stereocenters. The van der Waals surface area contributed by atoms with Crippen LogP contribution < -0.4 is 0 Å². The summed E-state index contributed by atoms with van der Waals surface area (Å²) < 4.78 is 0. The van der Waals surface area contributed by atoms with Gasteiger partial charge in [-0.25, -0.2) is 0 Å². The Balaban J connectivity index is 0.000000191. The molecule has 0 aliphatic rings. The van der Waals surface area contributed by atoms with Gasteiger partial charge in [0.25, 0.3) is 0 Å². The molecule has 0 atom stereocenters. The third kappa shape index (κ3) is 4.44. The summed E-state index contributed by atoms with van der Waals surface area (Å²) in [4.78, 5) is 20.2. The smallest absolute Gasteiger partial charge is 0.153 e. The molecule has 2 aromatic carbocycles. The fraction of sp³-hybridized carbons (Fsp3) is 0. The van der Waals surface area contributed by atoms with E-state index in [2.05, 4.69) is 0 Å². The number of hydrogen-bond donors (Lipinski definition) is 2. The number of aromatic hydroxyl groups is 2. The lowest BCUT2D eigenvalue weighted by Crippen LogP contribution is -1.78. The lowest BCUT2D eigenvalue weighted by Gasteiger charge is -1.94. The summed E-state index contributed by atoms with van der Waals surface area (Å²) in [6, 6.07) is 10.7. The van der Waals surface area contributed by atoms with Crippen molar-refractivity contribution < 1.29 is 19.8 Å². The number of halogens is 1. The molecule has 0 radical (unpaired) electrons. The average molecular weight is 279 g/mol. The van der Waals surface area contributed by atoms with Crippen molar-refractivity contribution in [3.63, 3.8) is 0 Å². The predicted octanol–water partition coefficient (Wildman–Crippen LogP) is 3.06. The maximum absolute atomic E-state index is 10.1. The van der Waals surface area contributed by atoms with Crippen LogP contribution in [0.15, 0.2) is 42.5 Å². The first-order valence-electron chi connectivity index (χ1n) is 5.25.